The lowest BCUT2D eigenvalue weighted by Gasteiger charge is -2.30. The van der Waals surface area contributed by atoms with Gasteiger partial charge in [-0.25, -0.2) is 8.42 Å². The van der Waals surface area contributed by atoms with E-state index in [4.69, 9.17) is 9.47 Å². The lowest BCUT2D eigenvalue weighted by molar-refractivity contribution is 0.102. The number of sulfonamides is 1. The molecule has 0 radical (unpaired) electrons. The summed E-state index contributed by atoms with van der Waals surface area (Å²) in [5, 5.41) is 2.83. The van der Waals surface area contributed by atoms with Gasteiger partial charge < -0.3 is 14.8 Å². The van der Waals surface area contributed by atoms with Gasteiger partial charge >= 0.3 is 0 Å². The Bertz CT molecular complexity index is 1240. The lowest BCUT2D eigenvalue weighted by atomic mass is 9.96. The third-order valence-electron chi connectivity index (χ3n) is 6.36. The van der Waals surface area contributed by atoms with E-state index in [0.717, 1.165) is 37.9 Å². The van der Waals surface area contributed by atoms with Crippen LogP contribution in [0.5, 0.6) is 11.5 Å². The van der Waals surface area contributed by atoms with Gasteiger partial charge in [0.15, 0.2) is 0 Å². The van der Waals surface area contributed by atoms with Crippen molar-refractivity contribution in [1.82, 2.24) is 4.31 Å². The van der Waals surface area contributed by atoms with Gasteiger partial charge in [0.2, 0.25) is 10.0 Å². The molecule has 1 aliphatic carbocycles. The van der Waals surface area contributed by atoms with Crippen LogP contribution in [0.2, 0.25) is 0 Å². The molecule has 36 heavy (non-hydrogen) atoms. The molecule has 0 heterocycles. The lowest BCUT2D eigenvalue weighted by Crippen LogP contribution is -2.38. The molecule has 1 N–H and O–H groups in total. The number of para-hydroxylation sites is 2. The molecule has 0 aromatic heterocycles. The highest BCUT2D eigenvalue weighted by molar-refractivity contribution is 7.89. The number of amides is 1. The Kier molecular flexibility index (Phi) is 8.61. The average Bonchev–Trinajstić information content (AvgIpc) is 2.92. The van der Waals surface area contributed by atoms with Crippen LogP contribution in [0.15, 0.2) is 83.8 Å². The van der Waals surface area contributed by atoms with E-state index in [1.54, 1.807) is 43.4 Å². The van der Waals surface area contributed by atoms with Crippen molar-refractivity contribution < 1.29 is 22.7 Å². The predicted octanol–water partition coefficient (Wildman–Crippen LogP) is 5.35. The number of rotatable bonds is 10. The van der Waals surface area contributed by atoms with Gasteiger partial charge in [0.1, 0.15) is 24.7 Å². The summed E-state index contributed by atoms with van der Waals surface area (Å²) in [4.78, 5) is 13.2. The second kappa shape index (κ2) is 12.1. The second-order valence-electron chi connectivity index (χ2n) is 8.80. The normalized spacial score (nSPS) is 14.4. The van der Waals surface area contributed by atoms with E-state index < -0.39 is 10.0 Å². The van der Waals surface area contributed by atoms with E-state index in [1.165, 1.54) is 16.4 Å². The number of hydrogen-bond acceptors (Lipinski definition) is 5. The Morgan fingerprint density at radius 2 is 1.50 bits per heavy atom. The molecule has 3 aromatic carbocycles. The molecule has 4 rings (SSSR count). The smallest absolute Gasteiger partial charge is 0.259 e. The van der Waals surface area contributed by atoms with Crippen LogP contribution in [-0.2, 0) is 10.0 Å². The number of anilines is 1. The number of nitrogens with one attached hydrogen (secondary N) is 1. The zero-order chi connectivity index (χ0) is 25.4. The van der Waals surface area contributed by atoms with E-state index in [0.29, 0.717) is 23.6 Å². The van der Waals surface area contributed by atoms with Gasteiger partial charge in [-0.3, -0.25) is 4.79 Å². The highest BCUT2D eigenvalue weighted by Gasteiger charge is 2.29. The molecule has 0 bridgehead atoms. The minimum absolute atomic E-state index is 0.0396. The standard InChI is InChI=1S/C28H32N2O5S/c1-30(23-10-4-2-5-11-23)36(32,33)25-18-16-22(17-19-25)29-28(31)26-14-8-9-15-27(26)35-21-20-34-24-12-6-3-7-13-24/h3,6-9,12-19,23H,2,4-5,10-11,20-21H2,1H3,(H,29,31). The Morgan fingerprint density at radius 3 is 2.22 bits per heavy atom. The van der Waals surface area contributed by atoms with Crippen molar-refractivity contribution >= 4 is 21.6 Å². The van der Waals surface area contributed by atoms with Crippen LogP contribution in [0.4, 0.5) is 5.69 Å². The van der Waals surface area contributed by atoms with Crippen molar-refractivity contribution in [3.63, 3.8) is 0 Å². The van der Waals surface area contributed by atoms with Crippen molar-refractivity contribution in [3.05, 3.63) is 84.4 Å². The Morgan fingerprint density at radius 1 is 0.861 bits per heavy atom. The van der Waals surface area contributed by atoms with Crippen molar-refractivity contribution in [1.29, 1.82) is 0 Å². The molecule has 0 aliphatic heterocycles. The molecule has 1 saturated carbocycles. The number of carbonyl (C=O) groups excluding carboxylic acids is 1. The van der Waals surface area contributed by atoms with Gasteiger partial charge in [-0.2, -0.15) is 4.31 Å². The van der Waals surface area contributed by atoms with Crippen LogP contribution in [0.3, 0.4) is 0 Å². The summed E-state index contributed by atoms with van der Waals surface area (Å²) >= 11 is 0. The number of benzene rings is 3. The molecule has 1 amide bonds. The monoisotopic (exact) mass is 508 g/mol. The SMILES string of the molecule is CN(C1CCCCC1)S(=O)(=O)c1ccc(NC(=O)c2ccccc2OCCOc2ccccc2)cc1. The topological polar surface area (TPSA) is 84.9 Å². The Labute approximate surface area is 213 Å². The van der Waals surface area contributed by atoms with E-state index in [1.807, 2.05) is 30.3 Å². The first-order chi connectivity index (χ1) is 17.4. The number of carbonyl (C=O) groups is 1. The van der Waals surface area contributed by atoms with Crippen LogP contribution >= 0.6 is 0 Å². The summed E-state index contributed by atoms with van der Waals surface area (Å²) in [5.74, 6) is 0.854. The van der Waals surface area contributed by atoms with E-state index in [2.05, 4.69) is 5.32 Å². The first-order valence-electron chi connectivity index (χ1n) is 12.2. The number of hydrogen-bond donors (Lipinski definition) is 1. The van der Waals surface area contributed by atoms with Crippen LogP contribution in [0, 0.1) is 0 Å². The van der Waals surface area contributed by atoms with Crippen LogP contribution in [0.1, 0.15) is 42.5 Å². The molecule has 0 saturated heterocycles. The Hall–Kier alpha value is -3.36. The van der Waals surface area contributed by atoms with Crippen molar-refractivity contribution in [2.24, 2.45) is 0 Å². The fraction of sp³-hybridized carbons (Fsp3) is 0.321. The summed E-state index contributed by atoms with van der Waals surface area (Å²) in [6, 6.07) is 22.7. The summed E-state index contributed by atoms with van der Waals surface area (Å²) in [7, 11) is -1.93. The highest BCUT2D eigenvalue weighted by atomic mass is 32.2. The van der Waals surface area contributed by atoms with Gasteiger partial charge in [-0.05, 0) is 61.4 Å². The quantitative estimate of drug-likeness (QED) is 0.373. The molecule has 7 nitrogen and oxygen atoms in total. The van der Waals surface area contributed by atoms with Gasteiger partial charge in [0, 0.05) is 18.8 Å². The predicted molar refractivity (Wildman–Crippen MR) is 140 cm³/mol. The van der Waals surface area contributed by atoms with E-state index in [-0.39, 0.29) is 23.5 Å². The van der Waals surface area contributed by atoms with E-state index >= 15 is 0 Å². The third kappa shape index (κ3) is 6.44. The minimum atomic E-state index is -3.59. The average molecular weight is 509 g/mol. The summed E-state index contributed by atoms with van der Waals surface area (Å²) in [6.45, 7) is 0.617. The maximum absolute atomic E-state index is 13.1. The molecule has 1 fully saturated rings. The summed E-state index contributed by atoms with van der Waals surface area (Å²) in [6.07, 6.45) is 5.06. The summed E-state index contributed by atoms with van der Waals surface area (Å²) in [5.41, 5.74) is 0.882. The van der Waals surface area contributed by atoms with E-state index in [9.17, 15) is 13.2 Å². The molecule has 190 valence electrons. The second-order valence-corrected chi connectivity index (χ2v) is 10.8. The molecule has 1 aliphatic rings. The molecule has 0 spiro atoms. The number of ether oxygens (including phenoxy) is 2. The zero-order valence-corrected chi connectivity index (χ0v) is 21.2. The maximum atomic E-state index is 13.1. The first-order valence-corrected chi connectivity index (χ1v) is 13.7. The largest absolute Gasteiger partial charge is 0.490 e. The first kappa shape index (κ1) is 25.7. The molecule has 8 heteroatoms. The van der Waals surface area contributed by atoms with Crippen LogP contribution in [0.25, 0.3) is 0 Å². The van der Waals surface area contributed by atoms with Crippen molar-refractivity contribution in [2.45, 2.75) is 43.0 Å². The van der Waals surface area contributed by atoms with Gasteiger partial charge in [-0.1, -0.05) is 49.6 Å². The van der Waals surface area contributed by atoms with Crippen molar-refractivity contribution in [2.75, 3.05) is 25.6 Å². The van der Waals surface area contributed by atoms with Gasteiger partial charge in [-0.15, -0.1) is 0 Å². The van der Waals surface area contributed by atoms with Crippen molar-refractivity contribution in [3.8, 4) is 11.5 Å². The molecule has 0 atom stereocenters. The molecular formula is C28H32N2O5S. The fourth-order valence-corrected chi connectivity index (χ4v) is 5.74. The highest BCUT2D eigenvalue weighted by Crippen LogP contribution is 2.27. The molecule has 0 unspecified atom stereocenters. The van der Waals surface area contributed by atoms with Crippen LogP contribution in [-0.4, -0.2) is 44.9 Å². The third-order valence-corrected chi connectivity index (χ3v) is 8.29. The molecule has 3 aromatic rings. The van der Waals surface area contributed by atoms with Gasteiger partial charge in [0.05, 0.1) is 10.5 Å². The van der Waals surface area contributed by atoms with Gasteiger partial charge in [0.25, 0.3) is 5.91 Å². The van der Waals surface area contributed by atoms with Crippen LogP contribution < -0.4 is 14.8 Å². The summed E-state index contributed by atoms with van der Waals surface area (Å²) < 4.78 is 39.0. The zero-order valence-electron chi connectivity index (χ0n) is 20.4. The minimum Gasteiger partial charge on any atom is -0.490 e. The Balaban J connectivity index is 1.36. The number of nitrogens with zero attached hydrogens (tertiary/aromatic N) is 1. The molecular weight excluding hydrogens is 476 g/mol. The fourth-order valence-electron chi connectivity index (χ4n) is 4.32. The maximum Gasteiger partial charge on any atom is 0.259 e.